The number of hydrogen-bond donors (Lipinski definition) is 1. The van der Waals surface area contributed by atoms with Crippen LogP contribution in [0.5, 0.6) is 0 Å². The Morgan fingerprint density at radius 2 is 1.94 bits per heavy atom. The van der Waals surface area contributed by atoms with Crippen molar-refractivity contribution >= 4 is 22.5 Å². The third kappa shape index (κ3) is 3.34. The van der Waals surface area contributed by atoms with Gasteiger partial charge in [0, 0.05) is 42.4 Å². The molecule has 2 aliphatic carbocycles. The summed E-state index contributed by atoms with van der Waals surface area (Å²) in [5.74, 6) is -0.475. The average molecular weight is 472 g/mol. The Bertz CT molecular complexity index is 1170. The molecule has 0 spiro atoms. The molecule has 0 bridgehead atoms. The number of halogens is 3. The van der Waals surface area contributed by atoms with Crippen molar-refractivity contribution in [1.82, 2.24) is 15.2 Å². The highest BCUT2D eigenvalue weighted by Gasteiger charge is 2.86. The lowest BCUT2D eigenvalue weighted by molar-refractivity contribution is -0.191. The van der Waals surface area contributed by atoms with Crippen molar-refractivity contribution in [2.24, 2.45) is 10.8 Å². The van der Waals surface area contributed by atoms with Gasteiger partial charge in [0.1, 0.15) is 11.5 Å². The van der Waals surface area contributed by atoms with E-state index in [-0.39, 0.29) is 25.6 Å². The van der Waals surface area contributed by atoms with Crippen LogP contribution in [0, 0.1) is 22.2 Å². The van der Waals surface area contributed by atoms with Crippen LogP contribution in [0.2, 0.25) is 0 Å². The van der Waals surface area contributed by atoms with Crippen LogP contribution in [-0.2, 0) is 4.79 Å². The summed E-state index contributed by atoms with van der Waals surface area (Å²) in [5, 5.41) is 13.0. The van der Waals surface area contributed by atoms with Crippen LogP contribution in [0.1, 0.15) is 37.7 Å². The number of piperidine rings is 1. The predicted molar refractivity (Wildman–Crippen MR) is 122 cm³/mol. The van der Waals surface area contributed by atoms with Crippen LogP contribution >= 0.6 is 0 Å². The number of benzene rings is 1. The molecule has 34 heavy (non-hydrogen) atoms. The first-order chi connectivity index (χ1) is 16.1. The molecule has 1 saturated heterocycles. The van der Waals surface area contributed by atoms with Crippen LogP contribution < -0.4 is 10.2 Å². The number of fused-ring (bicyclic) bond motifs is 2. The maximum Gasteiger partial charge on any atom is 0.397 e. The molecule has 1 aliphatic heterocycles. The van der Waals surface area contributed by atoms with Gasteiger partial charge in [0.05, 0.1) is 16.5 Å². The van der Waals surface area contributed by atoms with Crippen molar-refractivity contribution in [3.05, 3.63) is 36.0 Å². The number of nitrogens with one attached hydrogen (secondary N) is 1. The first-order valence-electron chi connectivity index (χ1n) is 11.7. The largest absolute Gasteiger partial charge is 0.397 e. The van der Waals surface area contributed by atoms with E-state index >= 15 is 0 Å². The van der Waals surface area contributed by atoms with E-state index in [2.05, 4.69) is 21.3 Å². The number of aromatic nitrogens is 1. The van der Waals surface area contributed by atoms with Gasteiger partial charge in [0.25, 0.3) is 0 Å². The number of nitrogens with zero attached hydrogens (tertiary/aromatic N) is 4. The van der Waals surface area contributed by atoms with E-state index in [0.717, 1.165) is 25.7 Å². The van der Waals surface area contributed by atoms with Crippen molar-refractivity contribution in [2.45, 2.75) is 50.4 Å². The van der Waals surface area contributed by atoms with Crippen molar-refractivity contribution < 1.29 is 18.0 Å². The van der Waals surface area contributed by atoms with Crippen molar-refractivity contribution in [1.29, 1.82) is 5.26 Å². The van der Waals surface area contributed by atoms with Crippen LogP contribution in [0.4, 0.5) is 18.9 Å². The average Bonchev–Trinajstić information content (AvgIpc) is 3.36. The third-order valence-electron chi connectivity index (χ3n) is 8.26. The number of alkyl halides is 3. The van der Waals surface area contributed by atoms with Crippen molar-refractivity contribution in [3.63, 3.8) is 0 Å². The second kappa shape index (κ2) is 7.84. The molecule has 1 aromatic heterocycles. The van der Waals surface area contributed by atoms with E-state index < -0.39 is 22.9 Å². The zero-order chi connectivity index (χ0) is 24.3. The van der Waals surface area contributed by atoms with Crippen LogP contribution in [-0.4, -0.2) is 61.2 Å². The number of rotatable bonds is 4. The quantitative estimate of drug-likeness (QED) is 0.733. The van der Waals surface area contributed by atoms with Gasteiger partial charge in [0.15, 0.2) is 0 Å². The zero-order valence-electron chi connectivity index (χ0n) is 19.3. The molecule has 2 aromatic rings. The summed E-state index contributed by atoms with van der Waals surface area (Å²) in [4.78, 5) is 21.5. The molecule has 1 amide bonds. The lowest BCUT2D eigenvalue weighted by Crippen LogP contribution is -2.47. The standard InChI is InChI=1S/C25H28F3N5O/c1-32(2)18-8-6-17(7-9-18)31-22(34)23-13-24(23,25(26,27)28)15-33(14-23)20-10-5-16(12-29)21-19(20)4-3-11-30-21/h3-5,10-11,17-18H,6-9,13-15H2,1-2H3,(H,31,34)/t17-,18-,23-,24-/m1/s1. The van der Waals surface area contributed by atoms with Gasteiger partial charge in [-0.05, 0) is 70.5 Å². The van der Waals surface area contributed by atoms with E-state index in [4.69, 9.17) is 0 Å². The maximum absolute atomic E-state index is 14.4. The molecule has 1 aromatic carbocycles. The van der Waals surface area contributed by atoms with Crippen LogP contribution in [0.25, 0.3) is 10.9 Å². The Labute approximate surface area is 196 Å². The molecule has 9 heteroatoms. The topological polar surface area (TPSA) is 72.3 Å². The van der Waals surface area contributed by atoms with Gasteiger partial charge >= 0.3 is 6.18 Å². The highest BCUT2D eigenvalue weighted by atomic mass is 19.4. The highest BCUT2D eigenvalue weighted by molar-refractivity contribution is 5.97. The van der Waals surface area contributed by atoms with Gasteiger partial charge in [0.2, 0.25) is 5.91 Å². The first kappa shape index (κ1) is 22.9. The Balaban J connectivity index is 1.42. The monoisotopic (exact) mass is 471 g/mol. The summed E-state index contributed by atoms with van der Waals surface area (Å²) in [5.41, 5.74) is -2.12. The number of carbonyl (C=O) groups is 1. The first-order valence-corrected chi connectivity index (χ1v) is 11.7. The summed E-state index contributed by atoms with van der Waals surface area (Å²) >= 11 is 0. The zero-order valence-corrected chi connectivity index (χ0v) is 19.3. The van der Waals surface area contributed by atoms with E-state index in [1.54, 1.807) is 35.4 Å². The second-order valence-corrected chi connectivity index (χ2v) is 10.3. The lowest BCUT2D eigenvalue weighted by atomic mass is 9.89. The number of nitriles is 1. The molecule has 2 heterocycles. The molecular formula is C25H28F3N5O. The number of amides is 1. The molecule has 3 fully saturated rings. The molecule has 6 nitrogen and oxygen atoms in total. The molecule has 0 unspecified atom stereocenters. The molecular weight excluding hydrogens is 443 g/mol. The summed E-state index contributed by atoms with van der Waals surface area (Å²) in [7, 11) is 4.06. The fraction of sp³-hybridized carbons (Fsp3) is 0.560. The van der Waals surface area contributed by atoms with Crippen LogP contribution in [0.15, 0.2) is 30.5 Å². The van der Waals surface area contributed by atoms with E-state index in [1.807, 2.05) is 14.1 Å². The SMILES string of the molecule is CN(C)[C@H]1CC[C@H](NC(=O)[C@@]23CN(c4ccc(C#N)c5ncccc45)C[C@]2(C(F)(F)F)C3)CC1. The molecule has 180 valence electrons. The van der Waals surface area contributed by atoms with Crippen LogP contribution in [0.3, 0.4) is 0 Å². The number of pyridine rings is 1. The molecule has 1 N–H and O–H groups in total. The number of hydrogen-bond acceptors (Lipinski definition) is 5. The van der Waals surface area contributed by atoms with E-state index in [1.165, 1.54) is 0 Å². The minimum Gasteiger partial charge on any atom is -0.369 e. The van der Waals surface area contributed by atoms with Gasteiger partial charge in [-0.1, -0.05) is 0 Å². The molecule has 2 saturated carbocycles. The predicted octanol–water partition coefficient (Wildman–Crippen LogP) is 3.85. The molecule has 0 radical (unpaired) electrons. The number of carbonyl (C=O) groups excluding carboxylic acids is 1. The summed E-state index contributed by atoms with van der Waals surface area (Å²) in [6.07, 6.45) is 0.301. The Morgan fingerprint density at radius 3 is 2.59 bits per heavy atom. The smallest absolute Gasteiger partial charge is 0.369 e. The van der Waals surface area contributed by atoms with Gasteiger partial charge in [-0.15, -0.1) is 0 Å². The van der Waals surface area contributed by atoms with Gasteiger partial charge in [-0.2, -0.15) is 18.4 Å². The molecule has 2 atom stereocenters. The Morgan fingerprint density at radius 1 is 1.21 bits per heavy atom. The van der Waals surface area contributed by atoms with Gasteiger partial charge in [-0.25, -0.2) is 0 Å². The minimum absolute atomic E-state index is 0.00127. The normalized spacial score (nSPS) is 30.8. The van der Waals surface area contributed by atoms with Gasteiger partial charge in [-0.3, -0.25) is 9.78 Å². The minimum atomic E-state index is -4.48. The Kier molecular flexibility index (Phi) is 5.28. The second-order valence-electron chi connectivity index (χ2n) is 10.3. The highest BCUT2D eigenvalue weighted by Crippen LogP contribution is 2.75. The lowest BCUT2D eigenvalue weighted by Gasteiger charge is -2.34. The molecule has 5 rings (SSSR count). The van der Waals surface area contributed by atoms with Crippen molar-refractivity contribution in [3.8, 4) is 6.07 Å². The number of anilines is 1. The third-order valence-corrected chi connectivity index (χ3v) is 8.26. The maximum atomic E-state index is 14.4. The summed E-state index contributed by atoms with van der Waals surface area (Å²) in [6.45, 7) is -0.269. The Hall–Kier alpha value is -2.86. The summed E-state index contributed by atoms with van der Waals surface area (Å²) in [6, 6.07) is 9.18. The van der Waals surface area contributed by atoms with Gasteiger partial charge < -0.3 is 15.1 Å². The fourth-order valence-electron chi connectivity index (χ4n) is 6.18. The van der Waals surface area contributed by atoms with E-state index in [0.29, 0.717) is 28.2 Å². The molecule has 3 aliphatic rings. The fourth-order valence-corrected chi connectivity index (χ4v) is 6.18. The van der Waals surface area contributed by atoms with Crippen molar-refractivity contribution in [2.75, 3.05) is 32.1 Å². The summed E-state index contributed by atoms with van der Waals surface area (Å²) < 4.78 is 43.1. The van der Waals surface area contributed by atoms with E-state index in [9.17, 15) is 23.2 Å².